The lowest BCUT2D eigenvalue weighted by Gasteiger charge is -2.26. The molecule has 1 N–H and O–H groups in total. The fourth-order valence-electron chi connectivity index (χ4n) is 3.68. The Bertz CT molecular complexity index is 1440. The minimum atomic E-state index is -0.810. The van der Waals surface area contributed by atoms with Crippen molar-refractivity contribution >= 4 is 73.1 Å². The fourth-order valence-corrected chi connectivity index (χ4v) is 4.72. The number of anilines is 1. The van der Waals surface area contributed by atoms with Gasteiger partial charge >= 0.3 is 6.03 Å². The minimum Gasteiger partial charge on any atom is -0.490 e. The summed E-state index contributed by atoms with van der Waals surface area (Å²) < 4.78 is 13.2. The topological polar surface area (TPSA) is 84.9 Å². The highest BCUT2D eigenvalue weighted by Crippen LogP contribution is 2.38. The van der Waals surface area contributed by atoms with E-state index in [0.717, 1.165) is 20.5 Å². The molecule has 1 heterocycles. The normalized spacial score (nSPS) is 14.7. The van der Waals surface area contributed by atoms with Crippen molar-refractivity contribution in [3.8, 4) is 11.5 Å². The van der Waals surface area contributed by atoms with Crippen molar-refractivity contribution in [3.05, 3.63) is 90.8 Å². The number of hydrogen-bond acceptors (Lipinski definition) is 5. The lowest BCUT2D eigenvalue weighted by molar-refractivity contribution is -0.122. The van der Waals surface area contributed by atoms with Crippen LogP contribution in [-0.2, 0) is 16.2 Å². The Balaban J connectivity index is 1.67. The molecule has 37 heavy (non-hydrogen) atoms. The Morgan fingerprint density at radius 1 is 1.00 bits per heavy atom. The highest BCUT2D eigenvalue weighted by Gasteiger charge is 2.37. The maximum atomic E-state index is 13.3. The van der Waals surface area contributed by atoms with Gasteiger partial charge in [-0.05, 0) is 95.0 Å². The molecular formula is C27H21Br2ClN2O5. The lowest BCUT2D eigenvalue weighted by atomic mass is 10.1. The Kier molecular flexibility index (Phi) is 8.36. The summed E-state index contributed by atoms with van der Waals surface area (Å²) in [7, 11) is 0. The quantitative estimate of drug-likeness (QED) is 0.225. The summed E-state index contributed by atoms with van der Waals surface area (Å²) >= 11 is 13.0. The Hall–Kier alpha value is -3.14. The number of rotatable bonds is 7. The molecule has 1 aliphatic heterocycles. The standard InChI is InChI=1S/C27H21Br2ClN2O5/c1-3-36-23-13-17(12-22(29)24(23)37-14-16-5-4-6-18(30)10-16)11-20-25(33)31-27(35)32(26(20)34)19-7-8-21(28)15(2)9-19/h4-13H,3,14H2,1-2H3,(H,31,33,35)/b20-11-. The van der Waals surface area contributed by atoms with Crippen LogP contribution < -0.4 is 19.7 Å². The molecule has 0 spiro atoms. The van der Waals surface area contributed by atoms with Crippen molar-refractivity contribution in [2.45, 2.75) is 20.5 Å². The number of barbiturate groups is 1. The van der Waals surface area contributed by atoms with E-state index in [0.29, 0.717) is 38.9 Å². The molecule has 4 amide bonds. The number of ether oxygens (including phenoxy) is 2. The van der Waals surface area contributed by atoms with Crippen molar-refractivity contribution in [2.75, 3.05) is 11.5 Å². The van der Waals surface area contributed by atoms with Crippen molar-refractivity contribution in [1.29, 1.82) is 0 Å². The highest BCUT2D eigenvalue weighted by atomic mass is 79.9. The number of halogens is 3. The molecule has 3 aromatic carbocycles. The third-order valence-corrected chi connectivity index (χ3v) is 7.13. The average Bonchev–Trinajstić information content (AvgIpc) is 2.83. The van der Waals surface area contributed by atoms with Gasteiger partial charge in [0.05, 0.1) is 16.8 Å². The first-order chi connectivity index (χ1) is 17.7. The summed E-state index contributed by atoms with van der Waals surface area (Å²) in [6, 6.07) is 14.9. The molecular weight excluding hydrogens is 628 g/mol. The number of nitrogens with zero attached hydrogens (tertiary/aromatic N) is 1. The zero-order valence-electron chi connectivity index (χ0n) is 19.8. The SMILES string of the molecule is CCOc1cc(/C=C2/C(=O)NC(=O)N(c3ccc(Br)c(C)c3)C2=O)cc(Br)c1OCc1cccc(Cl)c1. The Labute approximate surface area is 235 Å². The zero-order valence-corrected chi connectivity index (χ0v) is 23.7. The van der Waals surface area contributed by atoms with Gasteiger partial charge in [0, 0.05) is 9.50 Å². The van der Waals surface area contributed by atoms with Gasteiger partial charge in [0.1, 0.15) is 12.2 Å². The monoisotopic (exact) mass is 646 g/mol. The summed E-state index contributed by atoms with van der Waals surface area (Å²) in [6.07, 6.45) is 1.41. The van der Waals surface area contributed by atoms with E-state index < -0.39 is 17.8 Å². The van der Waals surface area contributed by atoms with E-state index >= 15 is 0 Å². The molecule has 190 valence electrons. The molecule has 3 aromatic rings. The van der Waals surface area contributed by atoms with E-state index in [1.807, 2.05) is 32.0 Å². The number of imide groups is 2. The predicted octanol–water partition coefficient (Wildman–Crippen LogP) is 6.82. The van der Waals surface area contributed by atoms with E-state index in [9.17, 15) is 14.4 Å². The molecule has 1 saturated heterocycles. The van der Waals surface area contributed by atoms with Crippen molar-refractivity contribution in [1.82, 2.24) is 5.32 Å². The minimum absolute atomic E-state index is 0.192. The third-order valence-electron chi connectivity index (χ3n) is 5.42. The molecule has 0 saturated carbocycles. The number of carbonyl (C=O) groups is 3. The van der Waals surface area contributed by atoms with Crippen molar-refractivity contribution in [2.24, 2.45) is 0 Å². The first-order valence-electron chi connectivity index (χ1n) is 11.2. The molecule has 7 nitrogen and oxygen atoms in total. The van der Waals surface area contributed by atoms with Gasteiger partial charge in [-0.15, -0.1) is 0 Å². The second-order valence-electron chi connectivity index (χ2n) is 8.07. The smallest absolute Gasteiger partial charge is 0.335 e. The molecule has 0 aliphatic carbocycles. The number of urea groups is 1. The van der Waals surface area contributed by atoms with E-state index in [1.54, 1.807) is 36.4 Å². The average molecular weight is 649 g/mol. The van der Waals surface area contributed by atoms with Gasteiger partial charge in [-0.25, -0.2) is 9.69 Å². The van der Waals surface area contributed by atoms with Crippen LogP contribution in [0.25, 0.3) is 6.08 Å². The predicted molar refractivity (Wildman–Crippen MR) is 149 cm³/mol. The van der Waals surface area contributed by atoms with Gasteiger partial charge in [0.25, 0.3) is 11.8 Å². The van der Waals surface area contributed by atoms with Gasteiger partial charge in [-0.2, -0.15) is 0 Å². The molecule has 1 fully saturated rings. The molecule has 0 aromatic heterocycles. The Morgan fingerprint density at radius 3 is 2.49 bits per heavy atom. The molecule has 0 unspecified atom stereocenters. The zero-order chi connectivity index (χ0) is 26.7. The van der Waals surface area contributed by atoms with Crippen LogP contribution in [0.15, 0.2) is 69.1 Å². The summed E-state index contributed by atoms with van der Waals surface area (Å²) in [6.45, 7) is 4.29. The third kappa shape index (κ3) is 6.06. The van der Waals surface area contributed by atoms with Gasteiger partial charge in [-0.1, -0.05) is 39.7 Å². The number of carbonyl (C=O) groups excluding carboxylic acids is 3. The summed E-state index contributed by atoms with van der Waals surface area (Å²) in [5.74, 6) is -0.627. The van der Waals surface area contributed by atoms with Crippen LogP contribution in [-0.4, -0.2) is 24.5 Å². The van der Waals surface area contributed by atoms with E-state index in [4.69, 9.17) is 21.1 Å². The van der Waals surface area contributed by atoms with Gasteiger partial charge < -0.3 is 9.47 Å². The summed E-state index contributed by atoms with van der Waals surface area (Å²) in [5, 5.41) is 2.85. The van der Waals surface area contributed by atoms with Gasteiger partial charge in [0.15, 0.2) is 11.5 Å². The van der Waals surface area contributed by atoms with E-state index in [2.05, 4.69) is 37.2 Å². The fraction of sp³-hybridized carbons (Fsp3) is 0.148. The molecule has 4 rings (SSSR count). The number of hydrogen-bond donors (Lipinski definition) is 1. The molecule has 1 aliphatic rings. The van der Waals surface area contributed by atoms with Crippen LogP contribution >= 0.6 is 43.5 Å². The lowest BCUT2D eigenvalue weighted by Crippen LogP contribution is -2.54. The number of benzene rings is 3. The van der Waals surface area contributed by atoms with Crippen LogP contribution in [0.1, 0.15) is 23.6 Å². The molecule has 0 bridgehead atoms. The van der Waals surface area contributed by atoms with Crippen LogP contribution in [0.2, 0.25) is 5.02 Å². The van der Waals surface area contributed by atoms with Gasteiger partial charge in [-0.3, -0.25) is 14.9 Å². The number of aryl methyl sites for hydroxylation is 1. The van der Waals surface area contributed by atoms with Crippen LogP contribution in [0.4, 0.5) is 10.5 Å². The van der Waals surface area contributed by atoms with Crippen LogP contribution in [0.3, 0.4) is 0 Å². The maximum absolute atomic E-state index is 13.3. The van der Waals surface area contributed by atoms with Crippen molar-refractivity contribution < 1.29 is 23.9 Å². The van der Waals surface area contributed by atoms with Crippen LogP contribution in [0.5, 0.6) is 11.5 Å². The van der Waals surface area contributed by atoms with E-state index in [1.165, 1.54) is 6.08 Å². The molecule has 10 heteroatoms. The summed E-state index contributed by atoms with van der Waals surface area (Å²) in [4.78, 5) is 39.4. The Morgan fingerprint density at radius 2 is 1.78 bits per heavy atom. The first kappa shape index (κ1) is 26.9. The molecule has 0 radical (unpaired) electrons. The second-order valence-corrected chi connectivity index (χ2v) is 10.2. The largest absolute Gasteiger partial charge is 0.490 e. The van der Waals surface area contributed by atoms with Crippen LogP contribution in [0, 0.1) is 6.92 Å². The maximum Gasteiger partial charge on any atom is 0.335 e. The molecule has 0 atom stereocenters. The first-order valence-corrected chi connectivity index (χ1v) is 13.2. The van der Waals surface area contributed by atoms with Gasteiger partial charge in [0.2, 0.25) is 0 Å². The second kappa shape index (κ2) is 11.5. The van der Waals surface area contributed by atoms with E-state index in [-0.39, 0.29) is 12.2 Å². The van der Waals surface area contributed by atoms with Crippen molar-refractivity contribution in [3.63, 3.8) is 0 Å². The number of nitrogens with one attached hydrogen (secondary N) is 1. The number of amides is 4. The highest BCUT2D eigenvalue weighted by molar-refractivity contribution is 9.10. The summed E-state index contributed by atoms with van der Waals surface area (Å²) in [5.41, 5.74) is 2.37.